The molecule has 0 amide bonds. The van der Waals surface area contributed by atoms with E-state index in [1.165, 1.54) is 27.7 Å². The minimum atomic E-state index is -1.01. The second kappa shape index (κ2) is 8.47. The van der Waals surface area contributed by atoms with Gasteiger partial charge < -0.3 is 23.7 Å². The summed E-state index contributed by atoms with van der Waals surface area (Å²) in [6, 6.07) is 0. The highest BCUT2D eigenvalue weighted by Crippen LogP contribution is 2.27. The second-order valence-electron chi connectivity index (χ2n) is 4.97. The topological polar surface area (TPSA) is 114 Å². The summed E-state index contributed by atoms with van der Waals surface area (Å²) in [5.41, 5.74) is 0. The molecule has 0 spiro atoms. The van der Waals surface area contributed by atoms with Crippen LogP contribution in [0.25, 0.3) is 0 Å². The Hall–Kier alpha value is -2.16. The largest absolute Gasteiger partial charge is 0.463 e. The third-order valence-electron chi connectivity index (χ3n) is 2.85. The van der Waals surface area contributed by atoms with E-state index >= 15 is 0 Å². The maximum absolute atomic E-state index is 11.3. The molecule has 1 unspecified atom stereocenters. The fraction of sp³-hybridized carbons (Fsp3) is 0.714. The number of hydrogen-bond acceptors (Lipinski definition) is 9. The Kier molecular flexibility index (Phi) is 6.95. The van der Waals surface area contributed by atoms with Crippen molar-refractivity contribution in [2.45, 2.75) is 58.7 Å². The van der Waals surface area contributed by atoms with E-state index in [4.69, 9.17) is 23.7 Å². The SMILES string of the molecule is CC(=O)OC[C@H]1OC(OC(C)=O)C[C@H](OC(C)=O)[C@H]1OC(C)=O. The predicted octanol–water partition coefficient (Wildman–Crippen LogP) is 0.0910. The molecule has 0 saturated carbocycles. The molecule has 1 fully saturated rings. The van der Waals surface area contributed by atoms with Gasteiger partial charge in [-0.2, -0.15) is 0 Å². The molecule has 1 rings (SSSR count). The van der Waals surface area contributed by atoms with Crippen molar-refractivity contribution in [2.75, 3.05) is 6.61 Å². The summed E-state index contributed by atoms with van der Waals surface area (Å²) in [4.78, 5) is 44.6. The Labute approximate surface area is 133 Å². The minimum absolute atomic E-state index is 0.00627. The average molecular weight is 332 g/mol. The molecule has 1 heterocycles. The van der Waals surface area contributed by atoms with Gasteiger partial charge in [-0.3, -0.25) is 19.2 Å². The quantitative estimate of drug-likeness (QED) is 0.510. The minimum Gasteiger partial charge on any atom is -0.463 e. The molecule has 0 aromatic heterocycles. The van der Waals surface area contributed by atoms with Crippen molar-refractivity contribution in [2.24, 2.45) is 0 Å². The lowest BCUT2D eigenvalue weighted by atomic mass is 10.0. The first-order valence-electron chi connectivity index (χ1n) is 6.99. The van der Waals surface area contributed by atoms with Crippen LogP contribution < -0.4 is 0 Å². The fourth-order valence-corrected chi connectivity index (χ4v) is 2.16. The lowest BCUT2D eigenvalue weighted by Gasteiger charge is -2.39. The first-order valence-corrected chi connectivity index (χ1v) is 6.99. The number of rotatable bonds is 5. The van der Waals surface area contributed by atoms with Gasteiger partial charge in [0.05, 0.1) is 6.42 Å². The van der Waals surface area contributed by atoms with Crippen molar-refractivity contribution in [3.05, 3.63) is 0 Å². The number of hydrogen-bond donors (Lipinski definition) is 0. The molecule has 0 aromatic rings. The van der Waals surface area contributed by atoms with Gasteiger partial charge in [0.2, 0.25) is 6.29 Å². The van der Waals surface area contributed by atoms with Gasteiger partial charge in [0, 0.05) is 27.7 Å². The molecule has 0 bridgehead atoms. The van der Waals surface area contributed by atoms with Gasteiger partial charge in [0.1, 0.15) is 18.8 Å². The molecule has 0 N–H and O–H groups in total. The number of esters is 4. The van der Waals surface area contributed by atoms with Gasteiger partial charge in [-0.15, -0.1) is 0 Å². The van der Waals surface area contributed by atoms with Gasteiger partial charge in [-0.25, -0.2) is 0 Å². The summed E-state index contributed by atoms with van der Waals surface area (Å²) < 4.78 is 25.6. The van der Waals surface area contributed by atoms with E-state index in [0.29, 0.717) is 0 Å². The van der Waals surface area contributed by atoms with E-state index in [-0.39, 0.29) is 13.0 Å². The van der Waals surface area contributed by atoms with Crippen LogP contribution in [0.1, 0.15) is 34.1 Å². The highest BCUT2D eigenvalue weighted by Gasteiger charge is 2.44. The van der Waals surface area contributed by atoms with Gasteiger partial charge in [-0.1, -0.05) is 0 Å². The number of carbonyl (C=O) groups is 4. The zero-order valence-corrected chi connectivity index (χ0v) is 13.4. The maximum Gasteiger partial charge on any atom is 0.304 e. The Morgan fingerprint density at radius 2 is 1.43 bits per heavy atom. The first-order chi connectivity index (χ1) is 10.7. The van der Waals surface area contributed by atoms with Crippen LogP contribution in [0.2, 0.25) is 0 Å². The molecule has 0 aromatic carbocycles. The Bertz CT molecular complexity index is 473. The average Bonchev–Trinajstić information content (AvgIpc) is 2.37. The van der Waals surface area contributed by atoms with E-state index in [9.17, 15) is 19.2 Å². The molecular formula is C14H20O9. The zero-order chi connectivity index (χ0) is 17.6. The summed E-state index contributed by atoms with van der Waals surface area (Å²) in [5, 5.41) is 0. The summed E-state index contributed by atoms with van der Waals surface area (Å²) in [6.45, 7) is 4.54. The lowest BCUT2D eigenvalue weighted by molar-refractivity contribution is -0.260. The lowest BCUT2D eigenvalue weighted by Crippen LogP contribution is -2.54. The van der Waals surface area contributed by atoms with Crippen LogP contribution in [0.15, 0.2) is 0 Å². The summed E-state index contributed by atoms with van der Waals surface area (Å²) in [5.74, 6) is -2.36. The fourth-order valence-electron chi connectivity index (χ4n) is 2.16. The smallest absolute Gasteiger partial charge is 0.304 e. The van der Waals surface area contributed by atoms with Crippen LogP contribution in [0.4, 0.5) is 0 Å². The van der Waals surface area contributed by atoms with Crippen molar-refractivity contribution in [1.82, 2.24) is 0 Å². The highest BCUT2D eigenvalue weighted by molar-refractivity contribution is 5.68. The van der Waals surface area contributed by atoms with Gasteiger partial charge in [-0.05, 0) is 0 Å². The van der Waals surface area contributed by atoms with Crippen LogP contribution in [-0.2, 0) is 42.9 Å². The second-order valence-corrected chi connectivity index (χ2v) is 4.97. The standard InChI is InChI=1S/C14H20O9/c1-7(15)19-6-12-14(22-10(4)18)11(20-8(2)16)5-13(23-12)21-9(3)17/h11-14H,5-6H2,1-4H3/t11-,12+,13?,14+/m0/s1. The van der Waals surface area contributed by atoms with Crippen LogP contribution >= 0.6 is 0 Å². The van der Waals surface area contributed by atoms with E-state index in [2.05, 4.69) is 0 Å². The molecule has 23 heavy (non-hydrogen) atoms. The molecule has 1 saturated heterocycles. The van der Waals surface area contributed by atoms with E-state index in [1.54, 1.807) is 0 Å². The molecule has 1 aliphatic rings. The molecular weight excluding hydrogens is 312 g/mol. The van der Waals surface area contributed by atoms with Gasteiger partial charge in [0.25, 0.3) is 0 Å². The molecule has 1 aliphatic heterocycles. The number of carbonyl (C=O) groups excluding carboxylic acids is 4. The highest BCUT2D eigenvalue weighted by atomic mass is 16.7. The molecule has 4 atom stereocenters. The van der Waals surface area contributed by atoms with E-state index < -0.39 is 48.5 Å². The maximum atomic E-state index is 11.3. The van der Waals surface area contributed by atoms with Crippen LogP contribution in [0.3, 0.4) is 0 Å². The zero-order valence-electron chi connectivity index (χ0n) is 13.4. The monoisotopic (exact) mass is 332 g/mol. The van der Waals surface area contributed by atoms with Crippen molar-refractivity contribution in [1.29, 1.82) is 0 Å². The van der Waals surface area contributed by atoms with Crippen molar-refractivity contribution in [3.8, 4) is 0 Å². The van der Waals surface area contributed by atoms with Crippen molar-refractivity contribution in [3.63, 3.8) is 0 Å². The van der Waals surface area contributed by atoms with Gasteiger partial charge in [0.15, 0.2) is 6.10 Å². The van der Waals surface area contributed by atoms with E-state index in [0.717, 1.165) is 0 Å². The normalized spacial score (nSPS) is 26.8. The number of ether oxygens (including phenoxy) is 5. The van der Waals surface area contributed by atoms with Crippen molar-refractivity contribution < 1.29 is 42.9 Å². The van der Waals surface area contributed by atoms with E-state index in [1.807, 2.05) is 0 Å². The molecule has 9 nitrogen and oxygen atoms in total. The summed E-state index contributed by atoms with van der Waals surface area (Å²) in [7, 11) is 0. The third kappa shape index (κ3) is 6.64. The van der Waals surface area contributed by atoms with Gasteiger partial charge >= 0.3 is 23.9 Å². The molecule has 0 aliphatic carbocycles. The summed E-state index contributed by atoms with van der Waals surface area (Å²) >= 11 is 0. The third-order valence-corrected chi connectivity index (χ3v) is 2.85. The Morgan fingerprint density at radius 1 is 0.870 bits per heavy atom. The van der Waals surface area contributed by atoms with Crippen LogP contribution in [-0.4, -0.2) is 55.1 Å². The summed E-state index contributed by atoms with van der Waals surface area (Å²) in [6.07, 6.45) is -3.83. The molecule has 130 valence electrons. The van der Waals surface area contributed by atoms with Crippen LogP contribution in [0, 0.1) is 0 Å². The predicted molar refractivity (Wildman–Crippen MR) is 72.8 cm³/mol. The van der Waals surface area contributed by atoms with Crippen molar-refractivity contribution >= 4 is 23.9 Å². The Morgan fingerprint density at radius 3 is 1.91 bits per heavy atom. The Balaban J connectivity index is 2.94. The molecule has 0 radical (unpaired) electrons. The molecule has 9 heteroatoms. The first kappa shape index (κ1) is 18.9. The van der Waals surface area contributed by atoms with Crippen LogP contribution in [0.5, 0.6) is 0 Å².